The Morgan fingerprint density at radius 2 is 2.29 bits per heavy atom. The molecule has 3 N–H and O–H groups in total. The lowest BCUT2D eigenvalue weighted by atomic mass is 10.1. The summed E-state index contributed by atoms with van der Waals surface area (Å²) in [5, 5.41) is 6.75. The lowest BCUT2D eigenvalue weighted by Gasteiger charge is -2.20. The summed E-state index contributed by atoms with van der Waals surface area (Å²) >= 11 is 1.65. The molecule has 1 unspecified atom stereocenters. The fraction of sp³-hybridized carbons (Fsp3) is 0.583. The molecule has 17 heavy (non-hydrogen) atoms. The molecular formula is C12H20N2O2S. The Morgan fingerprint density at radius 3 is 2.82 bits per heavy atom. The van der Waals surface area contributed by atoms with Gasteiger partial charge in [0.25, 0.3) is 0 Å². The summed E-state index contributed by atoms with van der Waals surface area (Å²) in [7, 11) is 0. The summed E-state index contributed by atoms with van der Waals surface area (Å²) < 4.78 is 5.12. The fourth-order valence-electron chi connectivity index (χ4n) is 1.31. The van der Waals surface area contributed by atoms with E-state index in [1.807, 2.05) is 32.2 Å². The molecule has 5 heteroatoms. The molecule has 1 aromatic rings. The first-order valence-electron chi connectivity index (χ1n) is 5.60. The first-order valence-corrected chi connectivity index (χ1v) is 6.54. The average Bonchev–Trinajstić information content (AvgIpc) is 2.64. The molecule has 0 radical (unpaired) electrons. The highest BCUT2D eigenvalue weighted by Gasteiger charge is 2.16. The highest BCUT2D eigenvalue weighted by Crippen LogP contribution is 2.08. The third-order valence-corrected chi connectivity index (χ3v) is 2.72. The van der Waals surface area contributed by atoms with E-state index in [9.17, 15) is 4.79 Å². The maximum atomic E-state index is 11.4. The number of carbonyl (C=O) groups excluding carboxylic acids is 1. The zero-order valence-electron chi connectivity index (χ0n) is 10.5. The average molecular weight is 256 g/mol. The monoisotopic (exact) mass is 256 g/mol. The van der Waals surface area contributed by atoms with Crippen molar-refractivity contribution in [1.82, 2.24) is 5.32 Å². The molecule has 0 saturated heterocycles. The van der Waals surface area contributed by atoms with Gasteiger partial charge in [0, 0.05) is 12.6 Å². The predicted molar refractivity (Wildman–Crippen MR) is 70.2 cm³/mol. The van der Waals surface area contributed by atoms with Crippen molar-refractivity contribution in [2.75, 3.05) is 6.54 Å². The van der Waals surface area contributed by atoms with Crippen molar-refractivity contribution in [2.24, 2.45) is 5.73 Å². The van der Waals surface area contributed by atoms with E-state index in [1.165, 1.54) is 5.56 Å². The van der Waals surface area contributed by atoms with Crippen LogP contribution in [0.5, 0.6) is 0 Å². The van der Waals surface area contributed by atoms with E-state index < -0.39 is 11.7 Å². The van der Waals surface area contributed by atoms with Gasteiger partial charge in [-0.2, -0.15) is 11.3 Å². The molecule has 0 spiro atoms. The van der Waals surface area contributed by atoms with Crippen molar-refractivity contribution in [3.8, 4) is 0 Å². The molecular weight excluding hydrogens is 236 g/mol. The van der Waals surface area contributed by atoms with Crippen LogP contribution in [0.4, 0.5) is 4.79 Å². The number of nitrogens with two attached hydrogens (primary N) is 1. The van der Waals surface area contributed by atoms with E-state index in [0.29, 0.717) is 6.54 Å². The van der Waals surface area contributed by atoms with Crippen molar-refractivity contribution in [2.45, 2.75) is 38.8 Å². The molecule has 0 aliphatic carbocycles. The second kappa shape index (κ2) is 6.02. The molecule has 0 bridgehead atoms. The lowest BCUT2D eigenvalue weighted by Crippen LogP contribution is -2.41. The second-order valence-corrected chi connectivity index (χ2v) is 5.76. The Hall–Kier alpha value is -1.07. The molecule has 0 aromatic carbocycles. The Labute approximate surface area is 106 Å². The van der Waals surface area contributed by atoms with Crippen LogP contribution in [0.2, 0.25) is 0 Å². The minimum Gasteiger partial charge on any atom is -0.444 e. The van der Waals surface area contributed by atoms with Gasteiger partial charge < -0.3 is 15.8 Å². The van der Waals surface area contributed by atoms with Crippen molar-refractivity contribution >= 4 is 17.4 Å². The minimum atomic E-state index is -0.471. The maximum Gasteiger partial charge on any atom is 0.407 e. The highest BCUT2D eigenvalue weighted by molar-refractivity contribution is 7.07. The van der Waals surface area contributed by atoms with Gasteiger partial charge in [-0.3, -0.25) is 0 Å². The Kier molecular flexibility index (Phi) is 4.96. The zero-order valence-corrected chi connectivity index (χ0v) is 11.3. The Morgan fingerprint density at radius 1 is 1.59 bits per heavy atom. The van der Waals surface area contributed by atoms with Gasteiger partial charge in [0.2, 0.25) is 0 Å². The van der Waals surface area contributed by atoms with Crippen LogP contribution >= 0.6 is 11.3 Å². The largest absolute Gasteiger partial charge is 0.444 e. The Bertz CT molecular complexity index is 344. The molecule has 0 aliphatic heterocycles. The van der Waals surface area contributed by atoms with Crippen molar-refractivity contribution in [1.29, 1.82) is 0 Å². The first kappa shape index (κ1) is 14.0. The van der Waals surface area contributed by atoms with Crippen LogP contribution in [0.1, 0.15) is 26.3 Å². The maximum absolute atomic E-state index is 11.4. The van der Waals surface area contributed by atoms with E-state index in [-0.39, 0.29) is 6.04 Å². The van der Waals surface area contributed by atoms with Gasteiger partial charge in [0.15, 0.2) is 0 Å². The zero-order chi connectivity index (χ0) is 12.9. The standard InChI is InChI=1S/C12H20N2O2S/c1-12(2,3)16-11(15)14-7-10(13)6-9-4-5-17-8-9/h4-5,8,10H,6-7,13H2,1-3H3,(H,14,15). The molecule has 0 saturated carbocycles. The van der Waals surface area contributed by atoms with Gasteiger partial charge in [-0.05, 0) is 49.6 Å². The summed E-state index contributed by atoms with van der Waals surface area (Å²) in [5.41, 5.74) is 6.64. The number of ether oxygens (including phenoxy) is 1. The minimum absolute atomic E-state index is 0.0860. The number of alkyl carbamates (subject to hydrolysis) is 1. The number of amides is 1. The van der Waals surface area contributed by atoms with Gasteiger partial charge in [-0.25, -0.2) is 4.79 Å². The third kappa shape index (κ3) is 6.28. The van der Waals surface area contributed by atoms with E-state index in [0.717, 1.165) is 6.42 Å². The SMILES string of the molecule is CC(C)(C)OC(=O)NCC(N)Cc1ccsc1. The molecule has 1 aromatic heterocycles. The Balaban J connectivity index is 2.24. The number of thiophene rings is 1. The summed E-state index contributed by atoms with van der Waals surface area (Å²) in [4.78, 5) is 11.4. The van der Waals surface area contributed by atoms with Gasteiger partial charge in [-0.1, -0.05) is 0 Å². The summed E-state index contributed by atoms with van der Waals surface area (Å²) in [6.07, 6.45) is 0.345. The molecule has 1 heterocycles. The van der Waals surface area contributed by atoms with Crippen molar-refractivity contribution in [3.63, 3.8) is 0 Å². The van der Waals surface area contributed by atoms with E-state index in [2.05, 4.69) is 10.7 Å². The number of hydrogen-bond donors (Lipinski definition) is 2. The number of rotatable bonds is 4. The third-order valence-electron chi connectivity index (χ3n) is 1.99. The lowest BCUT2D eigenvalue weighted by molar-refractivity contribution is 0.0524. The van der Waals surface area contributed by atoms with Crippen LogP contribution in [-0.4, -0.2) is 24.3 Å². The van der Waals surface area contributed by atoms with E-state index >= 15 is 0 Å². The van der Waals surface area contributed by atoms with Crippen molar-refractivity contribution in [3.05, 3.63) is 22.4 Å². The fourth-order valence-corrected chi connectivity index (χ4v) is 1.99. The predicted octanol–water partition coefficient (Wildman–Crippen LogP) is 2.14. The van der Waals surface area contributed by atoms with Crippen LogP contribution in [0.3, 0.4) is 0 Å². The molecule has 96 valence electrons. The van der Waals surface area contributed by atoms with Crippen LogP contribution in [0.25, 0.3) is 0 Å². The molecule has 4 nitrogen and oxygen atoms in total. The van der Waals surface area contributed by atoms with E-state index in [1.54, 1.807) is 11.3 Å². The highest BCUT2D eigenvalue weighted by atomic mass is 32.1. The topological polar surface area (TPSA) is 64.3 Å². The molecule has 0 aliphatic rings. The van der Waals surface area contributed by atoms with Crippen LogP contribution in [-0.2, 0) is 11.2 Å². The second-order valence-electron chi connectivity index (χ2n) is 4.98. The molecule has 1 amide bonds. The molecule has 1 atom stereocenters. The van der Waals surface area contributed by atoms with Gasteiger partial charge in [-0.15, -0.1) is 0 Å². The smallest absolute Gasteiger partial charge is 0.407 e. The van der Waals surface area contributed by atoms with Gasteiger partial charge in [0.05, 0.1) is 0 Å². The van der Waals surface area contributed by atoms with Crippen LogP contribution < -0.4 is 11.1 Å². The number of carbonyl (C=O) groups is 1. The van der Waals surface area contributed by atoms with E-state index in [4.69, 9.17) is 10.5 Å². The summed E-state index contributed by atoms with van der Waals surface area (Å²) in [6, 6.07) is 1.95. The van der Waals surface area contributed by atoms with Gasteiger partial charge >= 0.3 is 6.09 Å². The summed E-state index contributed by atoms with van der Waals surface area (Å²) in [5.74, 6) is 0. The number of nitrogens with one attached hydrogen (secondary N) is 1. The molecule has 1 rings (SSSR count). The molecule has 0 fully saturated rings. The van der Waals surface area contributed by atoms with Crippen LogP contribution in [0.15, 0.2) is 16.8 Å². The first-order chi connectivity index (χ1) is 7.87. The van der Waals surface area contributed by atoms with Crippen molar-refractivity contribution < 1.29 is 9.53 Å². The van der Waals surface area contributed by atoms with Crippen LogP contribution in [0, 0.1) is 0 Å². The normalized spacial score (nSPS) is 13.2. The quantitative estimate of drug-likeness (QED) is 0.867. The summed E-state index contributed by atoms with van der Waals surface area (Å²) in [6.45, 7) is 5.92. The number of hydrogen-bond acceptors (Lipinski definition) is 4. The van der Waals surface area contributed by atoms with Gasteiger partial charge in [0.1, 0.15) is 5.60 Å².